The van der Waals surface area contributed by atoms with Crippen LogP contribution in [0.4, 0.5) is 10.8 Å². The first-order chi connectivity index (χ1) is 21.0. The standard InChI is InChI=1S/C24H23N7O12S2/c1-24(2,22(39)40)43-29-13(10-7-45-23(25)27-10)18(35)28-14-19(36)30-15(21(37)38)9(6-44-20(14)30)5-26-17(34)8-3-11(31(41)42)16(33)12(32)4-8/h3-4,7,14,20,32-33H,5-6H2,1-2H3,(H2,25,27)(H,26,34)(H,28,35)(H,37,38)(H,39,40)/b29-13-/t14?,20-/m1/s1. The van der Waals surface area contributed by atoms with E-state index in [1.165, 1.54) is 19.2 Å². The predicted molar refractivity (Wildman–Crippen MR) is 154 cm³/mol. The lowest BCUT2D eigenvalue weighted by molar-refractivity contribution is -0.386. The number of carboxylic acid groups (broad SMARTS) is 2. The zero-order chi connectivity index (χ0) is 33.4. The van der Waals surface area contributed by atoms with E-state index in [1.807, 2.05) is 0 Å². The Balaban J connectivity index is 1.51. The monoisotopic (exact) mass is 665 g/mol. The number of amides is 3. The van der Waals surface area contributed by atoms with E-state index in [-0.39, 0.29) is 22.2 Å². The molecule has 1 aromatic carbocycles. The first-order valence-corrected chi connectivity index (χ1v) is 14.4. The van der Waals surface area contributed by atoms with Crippen LogP contribution >= 0.6 is 23.1 Å². The van der Waals surface area contributed by atoms with Gasteiger partial charge in [0.15, 0.2) is 16.6 Å². The van der Waals surface area contributed by atoms with Crippen LogP contribution in [0, 0.1) is 10.1 Å². The lowest BCUT2D eigenvalue weighted by Crippen LogP contribution is -2.71. The lowest BCUT2D eigenvalue weighted by atomic mass is 10.0. The number of nitrogens with zero attached hydrogens (tertiary/aromatic N) is 4. The maximum atomic E-state index is 13.2. The number of carbonyl (C=O) groups is 5. The fourth-order valence-corrected chi connectivity index (χ4v) is 5.89. The van der Waals surface area contributed by atoms with Crippen molar-refractivity contribution in [2.45, 2.75) is 30.9 Å². The Morgan fingerprint density at radius 1 is 1.27 bits per heavy atom. The summed E-state index contributed by atoms with van der Waals surface area (Å²) >= 11 is 2.02. The van der Waals surface area contributed by atoms with Gasteiger partial charge in [-0.15, -0.1) is 23.1 Å². The smallest absolute Gasteiger partial charge is 0.352 e. The van der Waals surface area contributed by atoms with Crippen LogP contribution < -0.4 is 16.4 Å². The van der Waals surface area contributed by atoms with Gasteiger partial charge in [-0.1, -0.05) is 5.16 Å². The predicted octanol–water partition coefficient (Wildman–Crippen LogP) is -0.203. The van der Waals surface area contributed by atoms with E-state index in [9.17, 15) is 54.5 Å². The number of phenols is 2. The van der Waals surface area contributed by atoms with Gasteiger partial charge in [-0.05, 0) is 25.5 Å². The molecule has 0 spiro atoms. The molecule has 1 fully saturated rings. The van der Waals surface area contributed by atoms with E-state index >= 15 is 0 Å². The van der Waals surface area contributed by atoms with Crippen LogP contribution in [-0.4, -0.2) is 99.9 Å². The highest BCUT2D eigenvalue weighted by atomic mass is 32.2. The maximum absolute atomic E-state index is 13.2. The van der Waals surface area contributed by atoms with Crippen molar-refractivity contribution in [2.75, 3.05) is 18.0 Å². The number of aliphatic carboxylic acids is 2. The molecule has 1 aromatic heterocycles. The van der Waals surface area contributed by atoms with Crippen LogP contribution in [-0.2, 0) is 24.0 Å². The van der Waals surface area contributed by atoms with Crippen LogP contribution in [0.1, 0.15) is 29.9 Å². The first-order valence-electron chi connectivity index (χ1n) is 12.4. The fourth-order valence-electron chi connectivity index (χ4n) is 3.99. The van der Waals surface area contributed by atoms with Crippen LogP contribution in [0.3, 0.4) is 0 Å². The molecule has 45 heavy (non-hydrogen) atoms. The summed E-state index contributed by atoms with van der Waals surface area (Å²) in [5, 5.41) is 58.7. The number of oxime groups is 1. The zero-order valence-corrected chi connectivity index (χ0v) is 24.7. The van der Waals surface area contributed by atoms with Crippen molar-refractivity contribution in [2.24, 2.45) is 5.16 Å². The number of hydrogen-bond donors (Lipinski definition) is 7. The third-order valence-electron chi connectivity index (χ3n) is 6.39. The van der Waals surface area contributed by atoms with Crippen molar-refractivity contribution >= 4 is 69.3 Å². The number of aromatic nitrogens is 1. The summed E-state index contributed by atoms with van der Waals surface area (Å²) in [5.41, 5.74) is 1.58. The summed E-state index contributed by atoms with van der Waals surface area (Å²) in [6.07, 6.45) is 0. The van der Waals surface area contributed by atoms with Gasteiger partial charge in [-0.25, -0.2) is 14.6 Å². The molecule has 4 rings (SSSR count). The summed E-state index contributed by atoms with van der Waals surface area (Å²) < 4.78 is 0. The molecule has 3 amide bonds. The number of nitro groups is 1. The summed E-state index contributed by atoms with van der Waals surface area (Å²) in [7, 11) is 0. The van der Waals surface area contributed by atoms with E-state index in [2.05, 4.69) is 20.8 Å². The van der Waals surface area contributed by atoms with Crippen molar-refractivity contribution in [1.29, 1.82) is 0 Å². The number of nitrogens with one attached hydrogen (secondary N) is 2. The third-order valence-corrected chi connectivity index (χ3v) is 8.40. The summed E-state index contributed by atoms with van der Waals surface area (Å²) in [4.78, 5) is 82.5. The number of hydrogen-bond acceptors (Lipinski definition) is 15. The van der Waals surface area contributed by atoms with Gasteiger partial charge in [0, 0.05) is 23.7 Å². The Kier molecular flexibility index (Phi) is 8.86. The van der Waals surface area contributed by atoms with E-state index in [0.717, 1.165) is 40.1 Å². The van der Waals surface area contributed by atoms with Crippen molar-refractivity contribution < 1.29 is 54.2 Å². The molecule has 19 nitrogen and oxygen atoms in total. The zero-order valence-electron chi connectivity index (χ0n) is 23.0. The number of anilines is 1. The quantitative estimate of drug-likeness (QED) is 0.0537. The van der Waals surface area contributed by atoms with Crippen molar-refractivity contribution in [3.63, 3.8) is 0 Å². The minimum absolute atomic E-state index is 0.0246. The fraction of sp³-hybridized carbons (Fsp3) is 0.292. The van der Waals surface area contributed by atoms with E-state index in [0.29, 0.717) is 0 Å². The Morgan fingerprint density at radius 2 is 1.96 bits per heavy atom. The molecule has 0 saturated carbocycles. The summed E-state index contributed by atoms with van der Waals surface area (Å²) in [6.45, 7) is 1.97. The Labute approximate surface area is 259 Å². The van der Waals surface area contributed by atoms with E-state index < -0.39 is 92.3 Å². The molecule has 0 bridgehead atoms. The number of carboxylic acids is 2. The Bertz CT molecular complexity index is 1700. The number of thioether (sulfide) groups is 1. The second-order valence-corrected chi connectivity index (χ2v) is 11.8. The highest BCUT2D eigenvalue weighted by Gasteiger charge is 2.54. The SMILES string of the molecule is CC(C)(O/N=C(\C(=O)NC1C(=O)N2C(C(=O)O)=C(CNC(=O)c3cc(O)c(O)c([N+](=O)[O-])c3)CS[C@H]12)c1csc(N)n1)C(=O)O. The molecule has 2 aliphatic rings. The van der Waals surface area contributed by atoms with Crippen LogP contribution in [0.25, 0.3) is 0 Å². The Hall–Kier alpha value is -5.44. The molecule has 2 aromatic rings. The number of rotatable bonds is 11. The largest absolute Gasteiger partial charge is 0.504 e. The molecular formula is C24H23N7O12S2. The number of thiazole rings is 1. The third kappa shape index (κ3) is 6.43. The van der Waals surface area contributed by atoms with Crippen molar-refractivity contribution in [1.82, 2.24) is 20.5 Å². The Morgan fingerprint density at radius 3 is 2.53 bits per heavy atom. The van der Waals surface area contributed by atoms with Crippen molar-refractivity contribution in [3.8, 4) is 11.5 Å². The van der Waals surface area contributed by atoms with Gasteiger partial charge >= 0.3 is 17.6 Å². The number of nitrogen functional groups attached to an aromatic ring is 1. The van der Waals surface area contributed by atoms with Crippen LogP contribution in [0.5, 0.6) is 11.5 Å². The average molecular weight is 666 g/mol. The minimum Gasteiger partial charge on any atom is -0.504 e. The van der Waals surface area contributed by atoms with Gasteiger partial charge < -0.3 is 41.6 Å². The number of phenolic OH excluding ortho intramolecular Hbond substituents is 2. The molecule has 2 atom stereocenters. The van der Waals surface area contributed by atoms with Gasteiger partial charge in [0.05, 0.1) is 10.5 Å². The van der Waals surface area contributed by atoms with Gasteiger partial charge in [0.25, 0.3) is 17.7 Å². The van der Waals surface area contributed by atoms with E-state index in [4.69, 9.17) is 10.6 Å². The number of aromatic hydroxyl groups is 2. The number of β-lactam (4-membered cyclic amide) rings is 1. The van der Waals surface area contributed by atoms with Crippen LogP contribution in [0.15, 0.2) is 33.9 Å². The molecule has 238 valence electrons. The highest BCUT2D eigenvalue weighted by molar-refractivity contribution is 8.00. The van der Waals surface area contributed by atoms with Crippen LogP contribution in [0.2, 0.25) is 0 Å². The topological polar surface area (TPSA) is 297 Å². The molecule has 1 saturated heterocycles. The molecule has 21 heteroatoms. The van der Waals surface area contributed by atoms with Gasteiger partial charge in [-0.2, -0.15) is 0 Å². The number of benzene rings is 1. The average Bonchev–Trinajstić information content (AvgIpc) is 3.40. The molecule has 0 radical (unpaired) electrons. The second-order valence-electron chi connectivity index (χ2n) is 9.84. The van der Waals surface area contributed by atoms with Gasteiger partial charge in [-0.3, -0.25) is 29.4 Å². The maximum Gasteiger partial charge on any atom is 0.352 e. The lowest BCUT2D eigenvalue weighted by Gasteiger charge is -2.49. The minimum atomic E-state index is -1.83. The molecule has 3 heterocycles. The molecule has 8 N–H and O–H groups in total. The van der Waals surface area contributed by atoms with Gasteiger partial charge in [0.2, 0.25) is 11.4 Å². The summed E-state index contributed by atoms with van der Waals surface area (Å²) in [5.74, 6) is -7.61. The second kappa shape index (κ2) is 12.3. The van der Waals surface area contributed by atoms with Gasteiger partial charge in [0.1, 0.15) is 22.8 Å². The highest BCUT2D eigenvalue weighted by Crippen LogP contribution is 2.40. The molecule has 1 unspecified atom stereocenters. The molecule has 2 aliphatic heterocycles. The molecular weight excluding hydrogens is 642 g/mol. The number of nitrogens with two attached hydrogens (primary N) is 1. The number of fused-ring (bicyclic) bond motifs is 1. The normalized spacial score (nSPS) is 18.0. The van der Waals surface area contributed by atoms with Crippen molar-refractivity contribution in [3.05, 3.63) is 50.2 Å². The van der Waals surface area contributed by atoms with E-state index in [1.54, 1.807) is 0 Å². The summed E-state index contributed by atoms with van der Waals surface area (Å²) in [6, 6.07) is 0.273. The first kappa shape index (κ1) is 32.5. The number of nitro benzene ring substituents is 1. The molecule has 0 aliphatic carbocycles. The number of carbonyl (C=O) groups excluding carboxylic acids is 3.